The van der Waals surface area contributed by atoms with Crippen LogP contribution < -0.4 is 4.74 Å². The molecule has 1 aromatic rings. The van der Waals surface area contributed by atoms with Crippen LogP contribution in [-0.4, -0.2) is 50.9 Å². The van der Waals surface area contributed by atoms with Gasteiger partial charge in [-0.1, -0.05) is 56.2 Å². The van der Waals surface area contributed by atoms with Crippen LogP contribution in [0.25, 0.3) is 0 Å². The molecule has 212 valence electrons. The van der Waals surface area contributed by atoms with Crippen LogP contribution >= 0.6 is 0 Å². The lowest BCUT2D eigenvalue weighted by Gasteiger charge is -2.59. The molecule has 1 aromatic carbocycles. The zero-order valence-electron chi connectivity index (χ0n) is 23.8. The molecular formula is C34H40O6. The first-order valence-electron chi connectivity index (χ1n) is 15.3. The van der Waals surface area contributed by atoms with E-state index >= 15 is 0 Å². The van der Waals surface area contributed by atoms with Gasteiger partial charge >= 0.3 is 0 Å². The molecule has 0 radical (unpaired) electrons. The summed E-state index contributed by atoms with van der Waals surface area (Å²) in [4.78, 5) is 29.7. The summed E-state index contributed by atoms with van der Waals surface area (Å²) in [7, 11) is 3.38. The van der Waals surface area contributed by atoms with Crippen molar-refractivity contribution in [1.29, 1.82) is 0 Å². The number of hydrogen-bond donors (Lipinski definition) is 0. The standard InChI is InChI=1S/C34H40O6/c1-31-13-4-5-14-32(31)15-16-33(31,20-9-11-21(37-2)12-10-20)28-24(35)19-23-27(29(28)32)30(36)26-22(7-6-8-25(26)38-3)34(23)39-17-18-40-34/h6,8-12,15-16,22-23,25-29H,4-5,7,13-14,17-19H2,1-3H3/t22-,23-,25+,26-,27-,28-,29+,31+,32-,33-/m1/s1. The molecule has 1 saturated heterocycles. The molecule has 40 heavy (non-hydrogen) atoms. The van der Waals surface area contributed by atoms with Crippen molar-refractivity contribution < 1.29 is 28.5 Å². The van der Waals surface area contributed by atoms with Crippen LogP contribution in [0.2, 0.25) is 0 Å². The summed E-state index contributed by atoms with van der Waals surface area (Å²) in [5.74, 6) is -0.881. The first-order chi connectivity index (χ1) is 19.4. The topological polar surface area (TPSA) is 71.1 Å². The van der Waals surface area contributed by atoms with Gasteiger partial charge in [-0.05, 0) is 53.7 Å². The second-order valence-corrected chi connectivity index (χ2v) is 13.6. The van der Waals surface area contributed by atoms with Gasteiger partial charge in [-0.2, -0.15) is 0 Å². The molecule has 0 aromatic heterocycles. The number of fused-ring (bicyclic) bond motifs is 7. The zero-order chi connectivity index (χ0) is 27.5. The molecule has 6 aliphatic carbocycles. The van der Waals surface area contributed by atoms with E-state index in [4.69, 9.17) is 18.9 Å². The molecule has 4 saturated carbocycles. The molecule has 6 nitrogen and oxygen atoms in total. The number of allylic oxidation sites excluding steroid dienone is 3. The molecule has 5 fully saturated rings. The Morgan fingerprint density at radius 1 is 0.925 bits per heavy atom. The molecule has 0 unspecified atom stereocenters. The lowest BCUT2D eigenvalue weighted by molar-refractivity contribution is -0.280. The van der Waals surface area contributed by atoms with Crippen molar-refractivity contribution in [2.45, 2.75) is 62.8 Å². The van der Waals surface area contributed by atoms with Gasteiger partial charge in [0.25, 0.3) is 0 Å². The van der Waals surface area contributed by atoms with Crippen LogP contribution in [0.4, 0.5) is 0 Å². The first kappa shape index (κ1) is 25.4. The highest BCUT2D eigenvalue weighted by atomic mass is 16.7. The summed E-state index contributed by atoms with van der Waals surface area (Å²) in [6.07, 6.45) is 14.1. The number of methoxy groups -OCH3 is 2. The van der Waals surface area contributed by atoms with Gasteiger partial charge in [0.1, 0.15) is 17.3 Å². The quantitative estimate of drug-likeness (QED) is 0.496. The van der Waals surface area contributed by atoms with Crippen LogP contribution in [0.15, 0.2) is 48.6 Å². The average molecular weight is 545 g/mol. The normalized spacial score (nSPS) is 47.6. The maximum Gasteiger partial charge on any atom is 0.176 e. The highest BCUT2D eigenvalue weighted by Gasteiger charge is 2.82. The molecule has 6 heteroatoms. The van der Waals surface area contributed by atoms with Crippen molar-refractivity contribution in [2.75, 3.05) is 27.4 Å². The van der Waals surface area contributed by atoms with Crippen LogP contribution in [0.5, 0.6) is 5.75 Å². The number of rotatable bonds is 3. The predicted molar refractivity (Wildman–Crippen MR) is 148 cm³/mol. The van der Waals surface area contributed by atoms with Gasteiger partial charge in [0.05, 0.1) is 32.3 Å². The summed E-state index contributed by atoms with van der Waals surface area (Å²) in [6.45, 7) is 3.43. The third-order valence-electron chi connectivity index (χ3n) is 12.9. The number of ketones is 2. The van der Waals surface area contributed by atoms with Crippen LogP contribution in [-0.2, 0) is 29.2 Å². The first-order valence-corrected chi connectivity index (χ1v) is 15.3. The van der Waals surface area contributed by atoms with Gasteiger partial charge in [-0.3, -0.25) is 9.59 Å². The van der Waals surface area contributed by atoms with E-state index in [-0.39, 0.29) is 64.0 Å². The number of Topliss-reactive ketones (excluding diaryl/α,β-unsaturated/α-hetero) is 2. The van der Waals surface area contributed by atoms with Gasteiger partial charge in [0.15, 0.2) is 5.79 Å². The number of benzene rings is 1. The second kappa shape index (κ2) is 8.39. The maximum absolute atomic E-state index is 15.0. The Balaban J connectivity index is 1.34. The largest absolute Gasteiger partial charge is 0.497 e. The average Bonchev–Trinajstić information content (AvgIpc) is 3.63. The van der Waals surface area contributed by atoms with E-state index in [2.05, 4.69) is 43.4 Å². The van der Waals surface area contributed by atoms with Gasteiger partial charge < -0.3 is 18.9 Å². The Kier molecular flexibility index (Phi) is 5.34. The third kappa shape index (κ3) is 2.68. The van der Waals surface area contributed by atoms with E-state index in [0.29, 0.717) is 26.1 Å². The van der Waals surface area contributed by atoms with E-state index in [1.807, 2.05) is 12.1 Å². The van der Waals surface area contributed by atoms with E-state index in [1.54, 1.807) is 14.2 Å². The van der Waals surface area contributed by atoms with Gasteiger partial charge in [-0.15, -0.1) is 0 Å². The molecular weight excluding hydrogens is 504 g/mol. The smallest absolute Gasteiger partial charge is 0.176 e. The van der Waals surface area contributed by atoms with E-state index < -0.39 is 11.2 Å². The Hall–Kier alpha value is -2.28. The van der Waals surface area contributed by atoms with Gasteiger partial charge in [-0.25, -0.2) is 0 Å². The minimum atomic E-state index is -0.911. The van der Waals surface area contributed by atoms with Crippen LogP contribution in [0.1, 0.15) is 51.0 Å². The van der Waals surface area contributed by atoms with Crippen LogP contribution in [0.3, 0.4) is 0 Å². The summed E-state index contributed by atoms with van der Waals surface area (Å²) >= 11 is 0. The van der Waals surface area contributed by atoms with E-state index in [0.717, 1.165) is 31.4 Å². The molecule has 0 amide bonds. The van der Waals surface area contributed by atoms with Gasteiger partial charge in [0.2, 0.25) is 0 Å². The van der Waals surface area contributed by atoms with Crippen molar-refractivity contribution >= 4 is 11.6 Å². The number of carbonyl (C=O) groups is 2. The van der Waals surface area contributed by atoms with Crippen molar-refractivity contribution in [3.8, 4) is 5.75 Å². The Labute approximate surface area is 236 Å². The molecule has 10 atom stereocenters. The van der Waals surface area contributed by atoms with Crippen molar-refractivity contribution in [2.24, 2.45) is 46.3 Å². The molecule has 2 bridgehead atoms. The third-order valence-corrected chi connectivity index (χ3v) is 12.9. The summed E-state index contributed by atoms with van der Waals surface area (Å²) in [6, 6.07) is 8.38. The Morgan fingerprint density at radius 2 is 1.68 bits per heavy atom. The fraction of sp³-hybridized carbons (Fsp3) is 0.647. The minimum absolute atomic E-state index is 0.0716. The summed E-state index contributed by atoms with van der Waals surface area (Å²) < 4.78 is 24.6. The van der Waals surface area contributed by atoms with E-state index in [9.17, 15) is 9.59 Å². The number of carbonyl (C=O) groups excluding carboxylic acids is 2. The van der Waals surface area contributed by atoms with E-state index in [1.165, 1.54) is 5.56 Å². The molecule has 8 rings (SSSR count). The number of ether oxygens (including phenoxy) is 4. The molecule has 7 aliphatic rings. The Bertz CT molecular complexity index is 1310. The molecule has 1 heterocycles. The molecule has 0 N–H and O–H groups in total. The van der Waals surface area contributed by atoms with Crippen molar-refractivity contribution in [3.05, 3.63) is 54.1 Å². The highest BCUT2D eigenvalue weighted by Crippen LogP contribution is 2.81. The fourth-order valence-electron chi connectivity index (χ4n) is 11.6. The molecule has 1 aliphatic heterocycles. The number of hydrogen-bond acceptors (Lipinski definition) is 6. The SMILES string of the molecule is COc1ccc([C@@]23C=C[C@]4(CCCC[C@@]42C)[C@H]2[C@@H]4C(=O)[C@H]5[C@@H](OC)C=CC[C@H]5C5(OCCO5)[C@@H]4CC(=O)[C@H]23)cc1. The second-order valence-electron chi connectivity index (χ2n) is 13.6. The zero-order valence-corrected chi connectivity index (χ0v) is 23.8. The van der Waals surface area contributed by atoms with Crippen LogP contribution in [0, 0.1) is 46.3 Å². The lowest BCUT2D eigenvalue weighted by Crippen LogP contribution is -2.67. The van der Waals surface area contributed by atoms with Gasteiger partial charge in [0, 0.05) is 42.6 Å². The monoisotopic (exact) mass is 544 g/mol. The summed E-state index contributed by atoms with van der Waals surface area (Å²) in [5.41, 5.74) is 0.363. The maximum atomic E-state index is 15.0. The summed E-state index contributed by atoms with van der Waals surface area (Å²) in [5, 5.41) is 0. The minimum Gasteiger partial charge on any atom is -0.497 e. The molecule has 1 spiro atoms. The highest BCUT2D eigenvalue weighted by molar-refractivity contribution is 5.94. The lowest BCUT2D eigenvalue weighted by atomic mass is 9.46. The van der Waals surface area contributed by atoms with Crippen molar-refractivity contribution in [3.63, 3.8) is 0 Å². The fourth-order valence-corrected chi connectivity index (χ4v) is 11.6. The Morgan fingerprint density at radius 3 is 2.40 bits per heavy atom. The van der Waals surface area contributed by atoms with Crippen molar-refractivity contribution in [1.82, 2.24) is 0 Å². The predicted octanol–water partition coefficient (Wildman–Crippen LogP) is 5.05.